The van der Waals surface area contributed by atoms with Crippen LogP contribution in [0.4, 0.5) is 0 Å². The van der Waals surface area contributed by atoms with E-state index in [1.54, 1.807) is 7.11 Å². The first-order valence-corrected chi connectivity index (χ1v) is 9.26. The van der Waals surface area contributed by atoms with Crippen molar-refractivity contribution >= 4 is 5.97 Å². The van der Waals surface area contributed by atoms with Crippen LogP contribution in [0.15, 0.2) is 24.3 Å². The lowest BCUT2D eigenvalue weighted by Gasteiger charge is -2.55. The molecule has 1 aliphatic heterocycles. The number of esters is 1. The molecule has 132 valence electrons. The molecule has 24 heavy (non-hydrogen) atoms. The minimum absolute atomic E-state index is 0.0438. The molecular formula is C20H29NO3. The van der Waals surface area contributed by atoms with Gasteiger partial charge in [-0.2, -0.15) is 0 Å². The number of benzene rings is 1. The number of carbonyl (C=O) groups excluding carboxylic acids is 1. The Kier molecular flexibility index (Phi) is 5.44. The predicted molar refractivity (Wildman–Crippen MR) is 94.1 cm³/mol. The van der Waals surface area contributed by atoms with E-state index in [1.807, 2.05) is 13.0 Å². The normalized spacial score (nSPS) is 27.3. The molecule has 0 N–H and O–H groups in total. The zero-order valence-corrected chi connectivity index (χ0v) is 14.9. The first-order valence-electron chi connectivity index (χ1n) is 9.26. The van der Waals surface area contributed by atoms with Gasteiger partial charge in [-0.05, 0) is 62.8 Å². The average Bonchev–Trinajstić information content (AvgIpc) is 2.62. The molecule has 3 rings (SSSR count). The van der Waals surface area contributed by atoms with E-state index in [1.165, 1.54) is 31.2 Å². The van der Waals surface area contributed by atoms with E-state index in [-0.39, 0.29) is 11.5 Å². The summed E-state index contributed by atoms with van der Waals surface area (Å²) in [6.07, 6.45) is 7.28. The van der Waals surface area contributed by atoms with Crippen molar-refractivity contribution in [2.45, 2.75) is 51.0 Å². The van der Waals surface area contributed by atoms with Gasteiger partial charge in [0.25, 0.3) is 0 Å². The SMILES string of the molecule is CCOC(=O)CN1CCC[C@@H]2CCCC[C@@]21c1cccc(OC)c1. The third kappa shape index (κ3) is 3.16. The lowest BCUT2D eigenvalue weighted by atomic mass is 9.64. The molecule has 0 unspecified atom stereocenters. The summed E-state index contributed by atoms with van der Waals surface area (Å²) in [6, 6.07) is 8.45. The van der Waals surface area contributed by atoms with Crippen LogP contribution >= 0.6 is 0 Å². The lowest BCUT2D eigenvalue weighted by Crippen LogP contribution is -2.57. The van der Waals surface area contributed by atoms with Crippen LogP contribution in [0.2, 0.25) is 0 Å². The Morgan fingerprint density at radius 3 is 2.92 bits per heavy atom. The molecule has 2 atom stereocenters. The zero-order chi connectivity index (χ0) is 17.0. The Morgan fingerprint density at radius 1 is 1.29 bits per heavy atom. The third-order valence-corrected chi connectivity index (χ3v) is 5.78. The van der Waals surface area contributed by atoms with Crippen molar-refractivity contribution < 1.29 is 14.3 Å². The van der Waals surface area contributed by atoms with Gasteiger partial charge in [0.05, 0.1) is 20.3 Å². The number of nitrogens with zero attached hydrogens (tertiary/aromatic N) is 1. The molecule has 0 aromatic heterocycles. The van der Waals surface area contributed by atoms with Crippen molar-refractivity contribution in [3.63, 3.8) is 0 Å². The second-order valence-corrected chi connectivity index (χ2v) is 6.97. The van der Waals surface area contributed by atoms with E-state index in [4.69, 9.17) is 9.47 Å². The van der Waals surface area contributed by atoms with E-state index >= 15 is 0 Å². The number of likely N-dealkylation sites (tertiary alicyclic amines) is 1. The maximum absolute atomic E-state index is 12.2. The molecule has 1 saturated heterocycles. The van der Waals surface area contributed by atoms with Gasteiger partial charge in [-0.1, -0.05) is 25.0 Å². The standard InChI is InChI=1S/C20H29NO3/c1-3-24-19(22)15-21-13-7-10-16-8-4-5-12-20(16,21)17-9-6-11-18(14-17)23-2/h6,9,11,14,16H,3-5,7-8,10,12-13,15H2,1-2H3/t16-,20-/m0/s1. The van der Waals surface area contributed by atoms with Gasteiger partial charge in [0.2, 0.25) is 0 Å². The second-order valence-electron chi connectivity index (χ2n) is 6.97. The van der Waals surface area contributed by atoms with Gasteiger partial charge in [0.1, 0.15) is 5.75 Å². The maximum atomic E-state index is 12.2. The van der Waals surface area contributed by atoms with Crippen LogP contribution in [0.5, 0.6) is 5.75 Å². The number of methoxy groups -OCH3 is 1. The van der Waals surface area contributed by atoms with Gasteiger partial charge < -0.3 is 9.47 Å². The van der Waals surface area contributed by atoms with Gasteiger partial charge in [-0.3, -0.25) is 9.69 Å². The van der Waals surface area contributed by atoms with Gasteiger partial charge in [-0.25, -0.2) is 0 Å². The molecule has 0 bridgehead atoms. The van der Waals surface area contributed by atoms with E-state index in [2.05, 4.69) is 23.1 Å². The summed E-state index contributed by atoms with van der Waals surface area (Å²) in [5.74, 6) is 1.40. The quantitative estimate of drug-likeness (QED) is 0.771. The van der Waals surface area contributed by atoms with Crippen molar-refractivity contribution in [3.8, 4) is 5.75 Å². The van der Waals surface area contributed by atoms with Gasteiger partial charge in [0.15, 0.2) is 0 Å². The molecule has 4 nitrogen and oxygen atoms in total. The highest BCUT2D eigenvalue weighted by atomic mass is 16.5. The number of carbonyl (C=O) groups is 1. The van der Waals surface area contributed by atoms with Gasteiger partial charge in [-0.15, -0.1) is 0 Å². The molecule has 1 saturated carbocycles. The molecular weight excluding hydrogens is 302 g/mol. The Hall–Kier alpha value is -1.55. The van der Waals surface area contributed by atoms with E-state index in [0.29, 0.717) is 19.1 Å². The van der Waals surface area contributed by atoms with Crippen molar-refractivity contribution in [2.24, 2.45) is 5.92 Å². The second kappa shape index (κ2) is 7.56. The Bertz CT molecular complexity index is 572. The van der Waals surface area contributed by atoms with Crippen LogP contribution in [0, 0.1) is 5.92 Å². The van der Waals surface area contributed by atoms with Gasteiger partial charge >= 0.3 is 5.97 Å². The summed E-state index contributed by atoms with van der Waals surface area (Å²) in [5, 5.41) is 0. The summed E-state index contributed by atoms with van der Waals surface area (Å²) < 4.78 is 10.7. The molecule has 1 aromatic rings. The summed E-state index contributed by atoms with van der Waals surface area (Å²) in [6.45, 7) is 3.67. The minimum atomic E-state index is -0.106. The first-order chi connectivity index (χ1) is 11.7. The average molecular weight is 331 g/mol. The van der Waals surface area contributed by atoms with Crippen molar-refractivity contribution in [1.82, 2.24) is 4.90 Å². The van der Waals surface area contributed by atoms with Crippen LogP contribution in [-0.2, 0) is 15.1 Å². The smallest absolute Gasteiger partial charge is 0.320 e. The summed E-state index contributed by atoms with van der Waals surface area (Å²) in [7, 11) is 1.71. The molecule has 0 radical (unpaired) electrons. The van der Waals surface area contributed by atoms with Crippen LogP contribution in [0.3, 0.4) is 0 Å². The lowest BCUT2D eigenvalue weighted by molar-refractivity contribution is -0.149. The Morgan fingerprint density at radius 2 is 2.12 bits per heavy atom. The fourth-order valence-corrected chi connectivity index (χ4v) is 4.79. The van der Waals surface area contributed by atoms with E-state index in [9.17, 15) is 4.79 Å². The van der Waals surface area contributed by atoms with Crippen LogP contribution in [-0.4, -0.2) is 37.7 Å². The van der Waals surface area contributed by atoms with Crippen molar-refractivity contribution in [2.75, 3.05) is 26.8 Å². The number of rotatable bonds is 5. The maximum Gasteiger partial charge on any atom is 0.320 e. The molecule has 4 heteroatoms. The highest BCUT2D eigenvalue weighted by molar-refractivity contribution is 5.71. The minimum Gasteiger partial charge on any atom is -0.497 e. The molecule has 1 heterocycles. The van der Waals surface area contributed by atoms with Crippen molar-refractivity contribution in [3.05, 3.63) is 29.8 Å². The predicted octanol–water partition coefficient (Wildman–Crippen LogP) is 3.74. The Balaban J connectivity index is 1.98. The summed E-state index contributed by atoms with van der Waals surface area (Å²) in [4.78, 5) is 14.6. The molecule has 0 amide bonds. The van der Waals surface area contributed by atoms with Crippen LogP contribution < -0.4 is 4.74 Å². The zero-order valence-electron chi connectivity index (χ0n) is 14.9. The number of fused-ring (bicyclic) bond motifs is 1. The highest BCUT2D eigenvalue weighted by Crippen LogP contribution is 2.51. The third-order valence-electron chi connectivity index (χ3n) is 5.78. The number of piperidine rings is 1. The highest BCUT2D eigenvalue weighted by Gasteiger charge is 2.49. The molecule has 1 aromatic carbocycles. The van der Waals surface area contributed by atoms with Crippen LogP contribution in [0.1, 0.15) is 51.0 Å². The fraction of sp³-hybridized carbons (Fsp3) is 0.650. The number of hydrogen-bond donors (Lipinski definition) is 0. The summed E-state index contributed by atoms with van der Waals surface area (Å²) >= 11 is 0. The topological polar surface area (TPSA) is 38.8 Å². The summed E-state index contributed by atoms with van der Waals surface area (Å²) in [5.41, 5.74) is 1.26. The van der Waals surface area contributed by atoms with E-state index < -0.39 is 0 Å². The largest absolute Gasteiger partial charge is 0.497 e. The number of hydrogen-bond acceptors (Lipinski definition) is 4. The first kappa shape index (κ1) is 17.3. The monoisotopic (exact) mass is 331 g/mol. The molecule has 1 aliphatic carbocycles. The van der Waals surface area contributed by atoms with Crippen LogP contribution in [0.25, 0.3) is 0 Å². The molecule has 0 spiro atoms. The molecule has 2 aliphatic rings. The number of ether oxygens (including phenoxy) is 2. The Labute approximate surface area is 145 Å². The molecule has 2 fully saturated rings. The fourth-order valence-electron chi connectivity index (χ4n) is 4.79. The van der Waals surface area contributed by atoms with Crippen molar-refractivity contribution in [1.29, 1.82) is 0 Å². The van der Waals surface area contributed by atoms with Gasteiger partial charge in [0, 0.05) is 5.54 Å². The van der Waals surface area contributed by atoms with E-state index in [0.717, 1.165) is 25.1 Å².